The molecule has 0 aliphatic carbocycles. The lowest BCUT2D eigenvalue weighted by molar-refractivity contribution is 0.0742. The van der Waals surface area contributed by atoms with Gasteiger partial charge in [0.15, 0.2) is 0 Å². The Morgan fingerprint density at radius 1 is 1.39 bits per heavy atom. The fourth-order valence-corrected chi connectivity index (χ4v) is 3.21. The van der Waals surface area contributed by atoms with E-state index < -0.39 is 0 Å². The molecule has 1 aromatic heterocycles. The third kappa shape index (κ3) is 2.86. The molecule has 1 fully saturated rings. The number of nitrogens with zero attached hydrogens (tertiary/aromatic N) is 3. The van der Waals surface area contributed by atoms with E-state index >= 15 is 0 Å². The van der Waals surface area contributed by atoms with Crippen molar-refractivity contribution in [3.05, 3.63) is 47.5 Å². The number of carbonyl (C=O) groups excluding carboxylic acids is 1. The van der Waals surface area contributed by atoms with Crippen molar-refractivity contribution >= 4 is 5.91 Å². The average Bonchev–Trinajstić information content (AvgIpc) is 3.10. The van der Waals surface area contributed by atoms with Crippen LogP contribution in [0.2, 0.25) is 0 Å². The second-order valence-corrected chi connectivity index (χ2v) is 6.18. The number of rotatable bonds is 3. The summed E-state index contributed by atoms with van der Waals surface area (Å²) in [6.45, 7) is 5.19. The summed E-state index contributed by atoms with van der Waals surface area (Å²) in [6, 6.07) is 6.24. The lowest BCUT2D eigenvalue weighted by atomic mass is 10.1. The zero-order valence-electron chi connectivity index (χ0n) is 13.4. The minimum absolute atomic E-state index is 0.0145. The molecular formula is C17H21FN4O. The molecule has 0 saturated carbocycles. The normalized spacial score (nSPS) is 21.0. The van der Waals surface area contributed by atoms with Gasteiger partial charge in [-0.15, -0.1) is 0 Å². The standard InChI is InChI=1S/C17H21FN4O/c1-11-7-13(8-19)10-21(11)17(23)16-9-20-22(12(16)2)15-5-3-14(18)4-6-15/h3-6,9,11,13H,7-8,10,19H2,1-2H3. The molecule has 5 nitrogen and oxygen atoms in total. The molecule has 0 spiro atoms. The lowest BCUT2D eigenvalue weighted by Gasteiger charge is -2.21. The van der Waals surface area contributed by atoms with Gasteiger partial charge in [-0.3, -0.25) is 4.79 Å². The molecule has 2 heterocycles. The van der Waals surface area contributed by atoms with Crippen LogP contribution < -0.4 is 5.73 Å². The molecule has 2 N–H and O–H groups in total. The monoisotopic (exact) mass is 316 g/mol. The van der Waals surface area contributed by atoms with Crippen LogP contribution in [0.5, 0.6) is 0 Å². The second kappa shape index (κ2) is 6.12. The lowest BCUT2D eigenvalue weighted by Crippen LogP contribution is -2.34. The van der Waals surface area contributed by atoms with E-state index in [0.29, 0.717) is 24.6 Å². The smallest absolute Gasteiger partial charge is 0.257 e. The van der Waals surface area contributed by atoms with Gasteiger partial charge in [0.1, 0.15) is 5.82 Å². The molecule has 0 radical (unpaired) electrons. The summed E-state index contributed by atoms with van der Waals surface area (Å²) >= 11 is 0. The Morgan fingerprint density at radius 3 is 2.70 bits per heavy atom. The van der Waals surface area contributed by atoms with Gasteiger partial charge in [-0.05, 0) is 57.0 Å². The zero-order valence-corrected chi connectivity index (χ0v) is 13.4. The van der Waals surface area contributed by atoms with Crippen molar-refractivity contribution in [2.24, 2.45) is 11.7 Å². The van der Waals surface area contributed by atoms with Gasteiger partial charge in [-0.25, -0.2) is 9.07 Å². The minimum atomic E-state index is -0.298. The molecule has 122 valence electrons. The fraction of sp³-hybridized carbons (Fsp3) is 0.412. The Balaban J connectivity index is 1.87. The van der Waals surface area contributed by atoms with Gasteiger partial charge in [-0.2, -0.15) is 5.10 Å². The van der Waals surface area contributed by atoms with E-state index in [2.05, 4.69) is 5.10 Å². The molecule has 1 aliphatic heterocycles. The van der Waals surface area contributed by atoms with Gasteiger partial charge in [0.2, 0.25) is 0 Å². The first-order valence-electron chi connectivity index (χ1n) is 7.83. The van der Waals surface area contributed by atoms with Gasteiger partial charge < -0.3 is 10.6 Å². The van der Waals surface area contributed by atoms with Crippen LogP contribution >= 0.6 is 0 Å². The predicted molar refractivity (Wildman–Crippen MR) is 85.9 cm³/mol. The second-order valence-electron chi connectivity index (χ2n) is 6.18. The maximum atomic E-state index is 13.1. The molecule has 1 aromatic carbocycles. The van der Waals surface area contributed by atoms with Gasteiger partial charge in [-0.1, -0.05) is 0 Å². The van der Waals surface area contributed by atoms with Crippen molar-refractivity contribution < 1.29 is 9.18 Å². The summed E-state index contributed by atoms with van der Waals surface area (Å²) in [5, 5.41) is 4.29. The largest absolute Gasteiger partial charge is 0.335 e. The first-order chi connectivity index (χ1) is 11.0. The van der Waals surface area contributed by atoms with Crippen LogP contribution in [0.4, 0.5) is 4.39 Å². The van der Waals surface area contributed by atoms with Gasteiger partial charge in [0.05, 0.1) is 23.1 Å². The van der Waals surface area contributed by atoms with Crippen molar-refractivity contribution in [3.63, 3.8) is 0 Å². The van der Waals surface area contributed by atoms with E-state index in [4.69, 9.17) is 5.73 Å². The summed E-state index contributed by atoms with van der Waals surface area (Å²) in [6.07, 6.45) is 2.52. The number of nitrogens with two attached hydrogens (primary N) is 1. The van der Waals surface area contributed by atoms with Crippen molar-refractivity contribution in [1.29, 1.82) is 0 Å². The Bertz CT molecular complexity index is 710. The number of hydrogen-bond acceptors (Lipinski definition) is 3. The number of carbonyl (C=O) groups is 1. The molecule has 3 rings (SSSR count). The van der Waals surface area contributed by atoms with E-state index in [1.165, 1.54) is 12.1 Å². The fourth-order valence-electron chi connectivity index (χ4n) is 3.21. The minimum Gasteiger partial charge on any atom is -0.335 e. The summed E-state index contributed by atoms with van der Waals surface area (Å²) in [5.74, 6) is 0.0503. The molecular weight excluding hydrogens is 295 g/mol. The number of aromatic nitrogens is 2. The van der Waals surface area contributed by atoms with E-state index in [1.807, 2.05) is 18.7 Å². The summed E-state index contributed by atoms with van der Waals surface area (Å²) in [7, 11) is 0. The maximum absolute atomic E-state index is 13.1. The number of benzene rings is 1. The summed E-state index contributed by atoms with van der Waals surface area (Å²) < 4.78 is 14.7. The van der Waals surface area contributed by atoms with Gasteiger partial charge in [0.25, 0.3) is 5.91 Å². The Kier molecular flexibility index (Phi) is 4.17. The Hall–Kier alpha value is -2.21. The molecule has 6 heteroatoms. The number of likely N-dealkylation sites (tertiary alicyclic amines) is 1. The summed E-state index contributed by atoms with van der Waals surface area (Å²) in [5.41, 5.74) is 7.80. The Morgan fingerprint density at radius 2 is 2.09 bits per heavy atom. The van der Waals surface area contributed by atoms with Crippen LogP contribution in [0.1, 0.15) is 29.4 Å². The highest BCUT2D eigenvalue weighted by Crippen LogP contribution is 2.25. The molecule has 23 heavy (non-hydrogen) atoms. The van der Waals surface area contributed by atoms with Crippen molar-refractivity contribution in [3.8, 4) is 5.69 Å². The van der Waals surface area contributed by atoms with Crippen molar-refractivity contribution in [1.82, 2.24) is 14.7 Å². The molecule has 1 saturated heterocycles. The quantitative estimate of drug-likeness (QED) is 0.943. The van der Waals surface area contributed by atoms with Crippen LogP contribution in [0, 0.1) is 18.7 Å². The maximum Gasteiger partial charge on any atom is 0.257 e. The van der Waals surface area contributed by atoms with Gasteiger partial charge in [0, 0.05) is 12.6 Å². The number of hydrogen-bond donors (Lipinski definition) is 1. The molecule has 1 aliphatic rings. The highest BCUT2D eigenvalue weighted by Gasteiger charge is 2.33. The topological polar surface area (TPSA) is 64.2 Å². The summed E-state index contributed by atoms with van der Waals surface area (Å²) in [4.78, 5) is 14.7. The van der Waals surface area contributed by atoms with Crippen LogP contribution in [0.3, 0.4) is 0 Å². The van der Waals surface area contributed by atoms with E-state index in [9.17, 15) is 9.18 Å². The van der Waals surface area contributed by atoms with Crippen LogP contribution in [-0.2, 0) is 0 Å². The average molecular weight is 316 g/mol. The molecule has 2 atom stereocenters. The molecule has 1 amide bonds. The highest BCUT2D eigenvalue weighted by atomic mass is 19.1. The van der Waals surface area contributed by atoms with Crippen molar-refractivity contribution in [2.45, 2.75) is 26.3 Å². The van der Waals surface area contributed by atoms with Gasteiger partial charge >= 0.3 is 0 Å². The zero-order chi connectivity index (χ0) is 16.6. The number of halogens is 1. The molecule has 2 aromatic rings. The van der Waals surface area contributed by atoms with E-state index in [0.717, 1.165) is 17.8 Å². The highest BCUT2D eigenvalue weighted by molar-refractivity contribution is 5.95. The van der Waals surface area contributed by atoms with E-state index in [-0.39, 0.29) is 17.8 Å². The SMILES string of the molecule is Cc1c(C(=O)N2CC(CN)CC2C)cnn1-c1ccc(F)cc1. The molecule has 2 unspecified atom stereocenters. The number of amides is 1. The first-order valence-corrected chi connectivity index (χ1v) is 7.83. The first kappa shape index (κ1) is 15.7. The predicted octanol–water partition coefficient (Wildman–Crippen LogP) is 2.13. The third-order valence-electron chi connectivity index (χ3n) is 4.57. The molecule has 0 bridgehead atoms. The van der Waals surface area contributed by atoms with Crippen LogP contribution in [0.25, 0.3) is 5.69 Å². The third-order valence-corrected chi connectivity index (χ3v) is 4.57. The van der Waals surface area contributed by atoms with E-state index in [1.54, 1.807) is 23.0 Å². The van der Waals surface area contributed by atoms with Crippen molar-refractivity contribution in [2.75, 3.05) is 13.1 Å². The Labute approximate surface area is 134 Å². The van der Waals surface area contributed by atoms with Crippen LogP contribution in [0.15, 0.2) is 30.5 Å². The van der Waals surface area contributed by atoms with Crippen LogP contribution in [-0.4, -0.2) is 39.7 Å².